The number of ether oxygens (including phenoxy) is 3. The molecule has 1 saturated heterocycles. The van der Waals surface area contributed by atoms with E-state index in [1.165, 1.54) is 41.5 Å². The molecule has 0 saturated carbocycles. The van der Waals surface area contributed by atoms with Crippen LogP contribution in [-0.2, 0) is 57.4 Å². The number of aliphatic hydroxyl groups excluding tert-OH is 2. The van der Waals surface area contributed by atoms with E-state index in [4.69, 9.17) is 36.6 Å². The molecule has 0 spiro atoms. The number of benzene rings is 1. The zero-order chi connectivity index (χ0) is 39.7. The predicted molar refractivity (Wildman–Crippen MR) is 181 cm³/mol. The van der Waals surface area contributed by atoms with Crippen LogP contribution in [0.25, 0.3) is 11.0 Å². The van der Waals surface area contributed by atoms with Gasteiger partial charge in [0, 0.05) is 17.6 Å². The molecule has 1 fully saturated rings. The lowest BCUT2D eigenvalue weighted by atomic mass is 9.97. The summed E-state index contributed by atoms with van der Waals surface area (Å²) in [5.41, 5.74) is -3.06. The van der Waals surface area contributed by atoms with Crippen LogP contribution in [0.15, 0.2) is 50.6 Å². The van der Waals surface area contributed by atoms with Crippen molar-refractivity contribution in [2.45, 2.75) is 99.1 Å². The molecule has 4 rings (SSSR count). The van der Waals surface area contributed by atoms with Gasteiger partial charge in [-0.15, -0.1) is 0 Å². The van der Waals surface area contributed by atoms with Gasteiger partial charge < -0.3 is 33.8 Å². The highest BCUT2D eigenvalue weighted by Gasteiger charge is 2.48. The third-order valence-electron chi connectivity index (χ3n) is 7.40. The lowest BCUT2D eigenvalue weighted by molar-refractivity contribution is -0.179. The fourth-order valence-electron chi connectivity index (χ4n) is 4.61. The highest BCUT2D eigenvalue weighted by Crippen LogP contribution is 2.64. The minimum Gasteiger partial charge on any atom is -0.435 e. The Morgan fingerprint density at radius 1 is 0.925 bits per heavy atom. The van der Waals surface area contributed by atoms with Crippen LogP contribution < -0.4 is 11.2 Å². The summed E-state index contributed by atoms with van der Waals surface area (Å²) in [4.78, 5) is 61.4. The molecule has 0 aliphatic carbocycles. The van der Waals surface area contributed by atoms with Crippen molar-refractivity contribution in [1.82, 2.24) is 14.3 Å². The Labute approximate surface area is 302 Å². The molecular weight excluding hydrogens is 748 g/mol. The Morgan fingerprint density at radius 3 is 2.06 bits per heavy atom. The number of fused-ring (bicyclic) bond motifs is 1. The molecule has 1 aliphatic rings. The average Bonchev–Trinajstić information content (AvgIpc) is 3.56. The molecule has 1 aromatic carbocycles. The second kappa shape index (κ2) is 16.0. The van der Waals surface area contributed by atoms with E-state index in [1.54, 1.807) is 24.3 Å². The van der Waals surface area contributed by atoms with E-state index in [-0.39, 0.29) is 12.2 Å². The summed E-state index contributed by atoms with van der Waals surface area (Å²) in [5.74, 6) is -1.62. The monoisotopic (exact) mass is 791 g/mol. The van der Waals surface area contributed by atoms with Crippen molar-refractivity contribution in [3.8, 4) is 0 Å². The Balaban J connectivity index is 1.49. The SMILES string of the molecule is CC(OC(=O)C(C)(C)C)OP(=O)(OC(C)OC(=O)C(C)(C)C)OP(=O)(O)OC[C@H]1O[C@@H](n2ccc(=O)n(Cc3noc4ccccc34)c2=O)C(O)[C@H]1O. The smallest absolute Gasteiger partial charge is 0.435 e. The van der Waals surface area contributed by atoms with E-state index < -0.39 is 93.4 Å². The van der Waals surface area contributed by atoms with Gasteiger partial charge in [-0.05, 0) is 67.5 Å². The molecule has 3 heterocycles. The molecule has 2 aromatic heterocycles. The van der Waals surface area contributed by atoms with Gasteiger partial charge in [-0.2, -0.15) is 4.31 Å². The number of carbonyl (C=O) groups is 2. The van der Waals surface area contributed by atoms with E-state index in [1.807, 2.05) is 0 Å². The molecule has 0 amide bonds. The van der Waals surface area contributed by atoms with Crippen molar-refractivity contribution in [2.75, 3.05) is 6.61 Å². The third-order valence-corrected chi connectivity index (χ3v) is 10.6. The largest absolute Gasteiger partial charge is 0.489 e. The summed E-state index contributed by atoms with van der Waals surface area (Å²) >= 11 is 0. The maximum Gasteiger partial charge on any atom is 0.489 e. The number of esters is 2. The second-order valence-electron chi connectivity index (χ2n) is 14.1. The number of nitrogens with zero attached hydrogens (tertiary/aromatic N) is 3. The number of aromatic nitrogens is 3. The molecule has 0 radical (unpaired) electrons. The maximum atomic E-state index is 13.7. The van der Waals surface area contributed by atoms with Crippen molar-refractivity contribution in [1.29, 1.82) is 0 Å². The predicted octanol–water partition coefficient (Wildman–Crippen LogP) is 2.96. The third kappa shape index (κ3) is 10.6. The first-order valence-electron chi connectivity index (χ1n) is 16.2. The van der Waals surface area contributed by atoms with Crippen LogP contribution in [0.5, 0.6) is 0 Å². The lowest BCUT2D eigenvalue weighted by Crippen LogP contribution is -2.43. The number of aliphatic hydroxyl groups is 2. The van der Waals surface area contributed by atoms with Gasteiger partial charge in [-0.3, -0.25) is 28.0 Å². The Bertz CT molecular complexity index is 1970. The Morgan fingerprint density at radius 2 is 1.49 bits per heavy atom. The molecule has 20 nitrogen and oxygen atoms in total. The first-order valence-corrected chi connectivity index (χ1v) is 19.1. The molecular formula is C31H43N3O17P2. The molecule has 4 unspecified atom stereocenters. The Kier molecular flexibility index (Phi) is 12.8. The maximum absolute atomic E-state index is 13.7. The summed E-state index contributed by atoms with van der Waals surface area (Å²) in [6, 6.07) is 7.78. The molecule has 3 N–H and O–H groups in total. The number of hydrogen-bond acceptors (Lipinski definition) is 17. The summed E-state index contributed by atoms with van der Waals surface area (Å²) in [6.07, 6.45) is -9.26. The van der Waals surface area contributed by atoms with Gasteiger partial charge in [0.15, 0.2) is 11.8 Å². The fourth-order valence-corrected chi connectivity index (χ4v) is 7.32. The summed E-state index contributed by atoms with van der Waals surface area (Å²) in [5, 5.41) is 26.0. The Hall–Kier alpha value is -3.55. The van der Waals surface area contributed by atoms with Crippen LogP contribution in [0.1, 0.15) is 67.3 Å². The average molecular weight is 792 g/mol. The number of carbonyl (C=O) groups excluding carboxylic acids is 2. The first kappa shape index (κ1) is 42.2. The van der Waals surface area contributed by atoms with Crippen molar-refractivity contribution < 1.29 is 70.4 Å². The molecule has 7 atom stereocenters. The zero-order valence-corrected chi connectivity index (χ0v) is 31.9. The number of rotatable bonds is 14. The van der Waals surface area contributed by atoms with Gasteiger partial charge in [0.25, 0.3) is 5.56 Å². The number of phosphoric acid groups is 2. The molecule has 0 bridgehead atoms. The minimum atomic E-state index is -5.52. The first-order chi connectivity index (χ1) is 24.4. The molecule has 22 heteroatoms. The van der Waals surface area contributed by atoms with E-state index in [2.05, 4.69) is 5.16 Å². The number of para-hydroxylation sites is 1. The van der Waals surface area contributed by atoms with Crippen molar-refractivity contribution in [3.05, 3.63) is 63.1 Å². The van der Waals surface area contributed by atoms with E-state index in [9.17, 15) is 43.4 Å². The van der Waals surface area contributed by atoms with Crippen LogP contribution in [0, 0.1) is 10.8 Å². The van der Waals surface area contributed by atoms with E-state index in [0.29, 0.717) is 11.0 Å². The molecule has 3 aromatic rings. The minimum absolute atomic E-state index is 0.268. The van der Waals surface area contributed by atoms with Crippen molar-refractivity contribution in [2.24, 2.45) is 10.8 Å². The van der Waals surface area contributed by atoms with Gasteiger partial charge in [0.05, 0.1) is 24.0 Å². The second-order valence-corrected chi connectivity index (χ2v) is 17.2. The van der Waals surface area contributed by atoms with Gasteiger partial charge in [0.2, 0.25) is 12.6 Å². The molecule has 53 heavy (non-hydrogen) atoms. The van der Waals surface area contributed by atoms with Gasteiger partial charge in [-0.1, -0.05) is 17.3 Å². The fraction of sp³-hybridized carbons (Fsp3) is 0.581. The quantitative estimate of drug-likeness (QED) is 0.120. The van der Waals surface area contributed by atoms with Crippen LogP contribution in [-0.4, -0.2) is 78.8 Å². The number of phosphoric ester groups is 2. The van der Waals surface area contributed by atoms with Crippen LogP contribution in [0.4, 0.5) is 0 Å². The molecule has 294 valence electrons. The number of hydrogen-bond donors (Lipinski definition) is 3. The van der Waals surface area contributed by atoms with Gasteiger partial charge in [-0.25, -0.2) is 23.0 Å². The normalized spacial score (nSPS) is 22.8. The van der Waals surface area contributed by atoms with Crippen molar-refractivity contribution >= 4 is 38.6 Å². The highest BCUT2D eigenvalue weighted by molar-refractivity contribution is 7.61. The highest BCUT2D eigenvalue weighted by atomic mass is 31.3. The summed E-state index contributed by atoms with van der Waals surface area (Å²) < 4.78 is 69.4. The van der Waals surface area contributed by atoms with E-state index in [0.717, 1.165) is 35.2 Å². The van der Waals surface area contributed by atoms with Crippen LogP contribution in [0.3, 0.4) is 0 Å². The van der Waals surface area contributed by atoms with Gasteiger partial charge >= 0.3 is 33.3 Å². The van der Waals surface area contributed by atoms with Crippen molar-refractivity contribution in [3.63, 3.8) is 0 Å². The van der Waals surface area contributed by atoms with Crippen LogP contribution in [0.2, 0.25) is 0 Å². The van der Waals surface area contributed by atoms with Crippen LogP contribution >= 0.6 is 15.6 Å². The standard InChI is InChI=1S/C31H43N3O17P2/c1-17(45-27(38)30(3,4)5)49-53(43,50-18(2)46-28(39)31(6,7)8)51-52(41,42)44-16-22-24(36)25(37)26(47-22)33-14-13-23(35)34(29(33)40)15-20-19-11-9-10-12-21(19)48-32-20/h9-14,17-18,22,24-26,36-37H,15-16H2,1-8H3,(H,41,42)/t17?,18?,22-,24+,25?,26-,53?/m1/s1. The topological polar surface area (TPSA) is 264 Å². The molecule has 1 aliphatic heterocycles. The van der Waals surface area contributed by atoms with Gasteiger partial charge in [0.1, 0.15) is 24.0 Å². The van der Waals surface area contributed by atoms with E-state index >= 15 is 0 Å². The summed E-state index contributed by atoms with van der Waals surface area (Å²) in [6.45, 7) is 10.0. The summed E-state index contributed by atoms with van der Waals surface area (Å²) in [7, 11) is -10.8. The lowest BCUT2D eigenvalue weighted by Gasteiger charge is -2.28. The zero-order valence-electron chi connectivity index (χ0n) is 30.1.